The van der Waals surface area contributed by atoms with E-state index in [2.05, 4.69) is 38.3 Å². The predicted molar refractivity (Wildman–Crippen MR) is 120 cm³/mol. The molecule has 2 aromatic rings. The molecule has 1 N–H and O–H groups in total. The minimum atomic E-state index is -0.600. The van der Waals surface area contributed by atoms with Crippen LogP contribution in [0.1, 0.15) is 52.7 Å². The number of rotatable bonds is 5. The Labute approximate surface area is 183 Å². The predicted octanol–water partition coefficient (Wildman–Crippen LogP) is 3.51. The Balaban J connectivity index is 1.16. The Bertz CT molecular complexity index is 920. The summed E-state index contributed by atoms with van der Waals surface area (Å²) in [5.74, 6) is 0.866. The number of nitrogens with one attached hydrogen (secondary N) is 1. The van der Waals surface area contributed by atoms with E-state index in [1.54, 1.807) is 6.20 Å². The molecule has 164 valence electrons. The van der Waals surface area contributed by atoms with E-state index in [-0.39, 0.29) is 5.91 Å². The molecule has 1 aliphatic carbocycles. The van der Waals surface area contributed by atoms with Crippen LogP contribution < -0.4 is 10.2 Å². The van der Waals surface area contributed by atoms with E-state index in [1.165, 1.54) is 24.0 Å². The van der Waals surface area contributed by atoms with Crippen LogP contribution in [-0.2, 0) is 19.4 Å². The van der Waals surface area contributed by atoms with Crippen LogP contribution >= 0.6 is 0 Å². The van der Waals surface area contributed by atoms with Gasteiger partial charge in [-0.15, -0.1) is 0 Å². The maximum atomic E-state index is 13.2. The zero-order valence-electron chi connectivity index (χ0n) is 18.0. The maximum Gasteiger partial charge on any atom is 0.253 e. The molecule has 5 nitrogen and oxygen atoms in total. The first-order valence-electron chi connectivity index (χ1n) is 11.6. The summed E-state index contributed by atoms with van der Waals surface area (Å²) in [6.45, 7) is 4.61. The van der Waals surface area contributed by atoms with Gasteiger partial charge in [0.15, 0.2) is 0 Å². The Morgan fingerprint density at radius 3 is 2.52 bits per heavy atom. The summed E-state index contributed by atoms with van der Waals surface area (Å²) >= 11 is 0. The Hall–Kier alpha value is -2.47. The Morgan fingerprint density at radius 1 is 1.03 bits per heavy atom. The lowest BCUT2D eigenvalue weighted by Gasteiger charge is -2.39. The van der Waals surface area contributed by atoms with Gasteiger partial charge in [0.05, 0.1) is 5.56 Å². The average Bonchev–Trinajstić information content (AvgIpc) is 3.23. The molecule has 0 unspecified atom stereocenters. The first kappa shape index (κ1) is 20.4. The van der Waals surface area contributed by atoms with E-state index in [4.69, 9.17) is 0 Å². The van der Waals surface area contributed by atoms with E-state index in [0.29, 0.717) is 31.0 Å². The lowest BCUT2D eigenvalue weighted by molar-refractivity contribution is 0.0569. The second-order valence-electron chi connectivity index (χ2n) is 9.14. The highest BCUT2D eigenvalue weighted by molar-refractivity contribution is 5.94. The van der Waals surface area contributed by atoms with Gasteiger partial charge in [0, 0.05) is 45.0 Å². The van der Waals surface area contributed by atoms with Crippen LogP contribution in [0.5, 0.6) is 0 Å². The molecular formula is C25H31FN4O. The van der Waals surface area contributed by atoms with E-state index in [0.717, 1.165) is 50.4 Å². The standard InChI is InChI=1S/C25H31FN4O/c26-22-14-23(15-22)29-11-7-19-4-3-18(13-20(19)8-12-29)16-28-25(31)21-5-6-24(27-17-21)30-9-1-2-10-30/h3-6,13,17,22-23H,1-2,7-12,14-16H2,(H,28,31). The zero-order chi connectivity index (χ0) is 21.2. The third-order valence-corrected chi connectivity index (χ3v) is 7.07. The van der Waals surface area contributed by atoms with Crippen molar-refractivity contribution < 1.29 is 9.18 Å². The minimum absolute atomic E-state index is 0.0904. The lowest BCUT2D eigenvalue weighted by atomic mass is 9.89. The van der Waals surface area contributed by atoms with Crippen molar-refractivity contribution >= 4 is 11.7 Å². The van der Waals surface area contributed by atoms with Crippen LogP contribution in [0.25, 0.3) is 0 Å². The highest BCUT2D eigenvalue weighted by Crippen LogP contribution is 2.30. The second-order valence-corrected chi connectivity index (χ2v) is 9.14. The molecule has 1 amide bonds. The van der Waals surface area contributed by atoms with Crippen LogP contribution in [-0.4, -0.2) is 54.2 Å². The summed E-state index contributed by atoms with van der Waals surface area (Å²) in [5.41, 5.74) is 4.46. The third-order valence-electron chi connectivity index (χ3n) is 7.07. The van der Waals surface area contributed by atoms with Crippen molar-refractivity contribution in [3.63, 3.8) is 0 Å². The number of hydrogen-bond acceptors (Lipinski definition) is 4. The van der Waals surface area contributed by atoms with Gasteiger partial charge in [-0.3, -0.25) is 9.69 Å². The summed E-state index contributed by atoms with van der Waals surface area (Å²) in [5, 5.41) is 3.03. The number of halogens is 1. The molecule has 0 bridgehead atoms. The number of carbonyl (C=O) groups is 1. The number of pyridine rings is 1. The van der Waals surface area contributed by atoms with Gasteiger partial charge in [0.2, 0.25) is 0 Å². The first-order valence-corrected chi connectivity index (χ1v) is 11.6. The van der Waals surface area contributed by atoms with Crippen molar-refractivity contribution in [2.24, 2.45) is 0 Å². The zero-order valence-corrected chi connectivity index (χ0v) is 18.0. The smallest absolute Gasteiger partial charge is 0.253 e. The van der Waals surface area contributed by atoms with Crippen LogP contribution in [0, 0.1) is 0 Å². The van der Waals surface area contributed by atoms with Crippen molar-refractivity contribution in [1.82, 2.24) is 15.2 Å². The van der Waals surface area contributed by atoms with Gasteiger partial charge >= 0.3 is 0 Å². The van der Waals surface area contributed by atoms with E-state index in [1.807, 2.05) is 12.1 Å². The number of anilines is 1. The number of fused-ring (bicyclic) bond motifs is 1. The molecule has 31 heavy (non-hydrogen) atoms. The highest BCUT2D eigenvalue weighted by atomic mass is 19.1. The van der Waals surface area contributed by atoms with E-state index >= 15 is 0 Å². The van der Waals surface area contributed by atoms with Gasteiger partial charge in [-0.2, -0.15) is 0 Å². The Morgan fingerprint density at radius 2 is 1.81 bits per heavy atom. The van der Waals surface area contributed by atoms with E-state index < -0.39 is 6.17 Å². The normalized spacial score (nSPS) is 23.7. The lowest BCUT2D eigenvalue weighted by Crippen LogP contribution is -2.46. The Kier molecular flexibility index (Phi) is 5.90. The van der Waals surface area contributed by atoms with Gasteiger partial charge in [-0.25, -0.2) is 9.37 Å². The maximum absolute atomic E-state index is 13.2. The van der Waals surface area contributed by atoms with Crippen LogP contribution in [0.4, 0.5) is 10.2 Å². The fourth-order valence-corrected chi connectivity index (χ4v) is 5.03. The summed E-state index contributed by atoms with van der Waals surface area (Å²) in [4.78, 5) is 21.8. The molecule has 1 saturated carbocycles. The van der Waals surface area contributed by atoms with Crippen molar-refractivity contribution in [2.75, 3.05) is 31.1 Å². The number of benzene rings is 1. The molecule has 2 fully saturated rings. The van der Waals surface area contributed by atoms with Crippen molar-refractivity contribution in [3.8, 4) is 0 Å². The average molecular weight is 423 g/mol. The monoisotopic (exact) mass is 422 g/mol. The summed E-state index contributed by atoms with van der Waals surface area (Å²) < 4.78 is 13.2. The SMILES string of the molecule is O=C(NCc1ccc2c(c1)CCN(C1CC(F)C1)CC2)c1ccc(N2CCCC2)nc1. The van der Waals surface area contributed by atoms with Gasteiger partial charge in [-0.05, 0) is 67.3 Å². The molecule has 1 saturated heterocycles. The molecule has 0 spiro atoms. The molecular weight excluding hydrogens is 391 g/mol. The molecule has 3 aliphatic rings. The number of nitrogens with zero attached hydrogens (tertiary/aromatic N) is 3. The van der Waals surface area contributed by atoms with E-state index in [9.17, 15) is 9.18 Å². The second kappa shape index (κ2) is 8.95. The molecule has 3 heterocycles. The van der Waals surface area contributed by atoms with Gasteiger partial charge in [-0.1, -0.05) is 18.2 Å². The first-order chi connectivity index (χ1) is 15.2. The number of amides is 1. The molecule has 6 heteroatoms. The van der Waals surface area contributed by atoms with Gasteiger partial charge in [0.1, 0.15) is 12.0 Å². The summed E-state index contributed by atoms with van der Waals surface area (Å²) in [7, 11) is 0. The van der Waals surface area contributed by atoms with Crippen LogP contribution in [0.2, 0.25) is 0 Å². The molecule has 1 aromatic heterocycles. The number of carbonyl (C=O) groups excluding carboxylic acids is 1. The van der Waals surface area contributed by atoms with Crippen LogP contribution in [0.15, 0.2) is 36.5 Å². The minimum Gasteiger partial charge on any atom is -0.357 e. The fourth-order valence-electron chi connectivity index (χ4n) is 5.03. The molecule has 1 aromatic carbocycles. The number of aromatic nitrogens is 1. The van der Waals surface area contributed by atoms with Crippen molar-refractivity contribution in [2.45, 2.75) is 57.3 Å². The van der Waals surface area contributed by atoms with Crippen LogP contribution in [0.3, 0.4) is 0 Å². The molecule has 5 rings (SSSR count). The summed E-state index contributed by atoms with van der Waals surface area (Å²) in [6, 6.07) is 10.8. The van der Waals surface area contributed by atoms with Gasteiger partial charge < -0.3 is 10.2 Å². The summed E-state index contributed by atoms with van der Waals surface area (Å²) in [6.07, 6.45) is 6.90. The quantitative estimate of drug-likeness (QED) is 0.801. The molecule has 0 radical (unpaired) electrons. The fraction of sp³-hybridized carbons (Fsp3) is 0.520. The third kappa shape index (κ3) is 4.59. The largest absolute Gasteiger partial charge is 0.357 e. The van der Waals surface area contributed by atoms with Crippen molar-refractivity contribution in [3.05, 3.63) is 58.8 Å². The molecule has 2 aliphatic heterocycles. The number of alkyl halides is 1. The highest BCUT2D eigenvalue weighted by Gasteiger charge is 2.34. The van der Waals surface area contributed by atoms with Crippen molar-refractivity contribution in [1.29, 1.82) is 0 Å². The molecule has 0 atom stereocenters. The number of hydrogen-bond donors (Lipinski definition) is 1. The van der Waals surface area contributed by atoms with Gasteiger partial charge in [0.25, 0.3) is 5.91 Å². The topological polar surface area (TPSA) is 48.5 Å².